The molecule has 52 heavy (non-hydrogen) atoms. The van der Waals surface area contributed by atoms with Gasteiger partial charge >= 0.3 is 0 Å². The number of rotatable bonds is 4. The fourth-order valence-corrected chi connectivity index (χ4v) is 6.97. The molecule has 0 saturated heterocycles. The Bertz CT molecular complexity index is 2620. The van der Waals surface area contributed by atoms with Crippen molar-refractivity contribution in [1.29, 1.82) is 0 Å². The first-order chi connectivity index (χ1) is 25.4. The summed E-state index contributed by atoms with van der Waals surface area (Å²) in [6.45, 7) is 0. The van der Waals surface area contributed by atoms with E-state index in [0.717, 1.165) is 0 Å². The van der Waals surface area contributed by atoms with E-state index in [9.17, 15) is 0 Å². The van der Waals surface area contributed by atoms with Gasteiger partial charge in [-0.05, 0) is 72.8 Å². The Kier molecular flexibility index (Phi) is 7.51. The molecule has 0 amide bonds. The highest BCUT2D eigenvalue weighted by Crippen LogP contribution is 2.42. The molecule has 8 heteroatoms. The standard InChI is InChI=1S/C44H26F4N4/c45-29-13-5-1-9-25(29)41-37-21-17-33(49-37)34-19-23-39(51-34)43(27-11-3-7-15-31(27)47)44(28-12-4-8-16-32(28)48)40-24-20-36(52-40)35-18-22-38(50-35)42(41)26-10-2-6-14-30(26)46/h1-24,49,52H. The van der Waals surface area contributed by atoms with Crippen molar-refractivity contribution in [2.45, 2.75) is 0 Å². The molecule has 2 N–H and O–H groups in total. The zero-order valence-corrected chi connectivity index (χ0v) is 27.3. The minimum absolute atomic E-state index is 0.239. The second kappa shape index (κ2) is 12.5. The van der Waals surface area contributed by atoms with Crippen molar-refractivity contribution in [2.24, 2.45) is 0 Å². The lowest BCUT2D eigenvalue weighted by Gasteiger charge is -2.13. The van der Waals surface area contributed by atoms with Crippen LogP contribution in [0, 0.1) is 23.3 Å². The number of aromatic nitrogens is 4. The van der Waals surface area contributed by atoms with E-state index < -0.39 is 23.3 Å². The zero-order valence-electron chi connectivity index (χ0n) is 27.3. The summed E-state index contributed by atoms with van der Waals surface area (Å²) in [6, 6.07) is 32.6. The Labute approximate surface area is 295 Å². The topological polar surface area (TPSA) is 57.4 Å². The van der Waals surface area contributed by atoms with Crippen molar-refractivity contribution < 1.29 is 17.6 Å². The normalized spacial score (nSPS) is 12.1. The first-order valence-electron chi connectivity index (χ1n) is 16.6. The van der Waals surface area contributed by atoms with Crippen LogP contribution < -0.4 is 0 Å². The van der Waals surface area contributed by atoms with E-state index in [-0.39, 0.29) is 22.3 Å². The molecule has 0 atom stereocenters. The van der Waals surface area contributed by atoms with Crippen LogP contribution in [-0.2, 0) is 0 Å². The Balaban J connectivity index is 1.51. The maximum absolute atomic E-state index is 15.8. The highest BCUT2D eigenvalue weighted by Gasteiger charge is 2.23. The summed E-state index contributed by atoms with van der Waals surface area (Å²) in [5.74, 6) is -1.98. The number of hydrogen-bond acceptors (Lipinski definition) is 2. The minimum Gasteiger partial charge on any atom is -0.353 e. The Morgan fingerprint density at radius 2 is 0.596 bits per heavy atom. The highest BCUT2D eigenvalue weighted by atomic mass is 19.1. The van der Waals surface area contributed by atoms with Gasteiger partial charge in [-0.1, -0.05) is 72.8 Å². The predicted molar refractivity (Wildman–Crippen MR) is 200 cm³/mol. The van der Waals surface area contributed by atoms with Gasteiger partial charge in [0.15, 0.2) is 0 Å². The molecule has 0 fully saturated rings. The highest BCUT2D eigenvalue weighted by molar-refractivity contribution is 6.01. The largest absolute Gasteiger partial charge is 0.353 e. The number of nitrogens with one attached hydrogen (secondary N) is 2. The van der Waals surface area contributed by atoms with Crippen LogP contribution in [0.25, 0.3) is 90.9 Å². The Hall–Kier alpha value is -6.80. The maximum Gasteiger partial charge on any atom is 0.131 e. The summed E-state index contributed by atoms with van der Waals surface area (Å²) >= 11 is 0. The summed E-state index contributed by atoms with van der Waals surface area (Å²) in [6.07, 6.45) is 7.11. The van der Waals surface area contributed by atoms with Crippen LogP contribution in [0.15, 0.2) is 121 Å². The third kappa shape index (κ3) is 5.24. The van der Waals surface area contributed by atoms with Crippen molar-refractivity contribution in [3.05, 3.63) is 167 Å². The number of H-pyrrole nitrogens is 2. The molecule has 8 bridgehead atoms. The van der Waals surface area contributed by atoms with Crippen LogP contribution >= 0.6 is 0 Å². The van der Waals surface area contributed by atoms with E-state index in [0.29, 0.717) is 67.1 Å². The van der Waals surface area contributed by atoms with Crippen molar-refractivity contribution in [1.82, 2.24) is 19.9 Å². The van der Waals surface area contributed by atoms with Crippen molar-refractivity contribution >= 4 is 46.4 Å². The molecule has 4 aromatic carbocycles. The number of nitrogens with zero attached hydrogens (tertiary/aromatic N) is 2. The van der Waals surface area contributed by atoms with Gasteiger partial charge in [-0.15, -0.1) is 0 Å². The van der Waals surface area contributed by atoms with Crippen LogP contribution in [0.3, 0.4) is 0 Å². The Morgan fingerprint density at radius 1 is 0.308 bits per heavy atom. The number of fused-ring (bicyclic) bond motifs is 10. The van der Waals surface area contributed by atoms with E-state index in [1.807, 2.05) is 12.1 Å². The fourth-order valence-electron chi connectivity index (χ4n) is 6.97. The van der Waals surface area contributed by atoms with Crippen LogP contribution in [0.4, 0.5) is 17.6 Å². The molecule has 0 saturated carbocycles. The molecule has 4 nitrogen and oxygen atoms in total. The molecule has 2 aliphatic rings. The lowest BCUT2D eigenvalue weighted by molar-refractivity contribution is 0.629. The van der Waals surface area contributed by atoms with Gasteiger partial charge in [0.05, 0.1) is 33.8 Å². The second-order valence-electron chi connectivity index (χ2n) is 12.4. The van der Waals surface area contributed by atoms with Crippen LogP contribution in [0.5, 0.6) is 0 Å². The van der Waals surface area contributed by atoms with Gasteiger partial charge in [-0.3, -0.25) is 0 Å². The zero-order chi connectivity index (χ0) is 35.3. The average molecular weight is 687 g/mol. The van der Waals surface area contributed by atoms with Crippen molar-refractivity contribution in [3.8, 4) is 44.5 Å². The summed E-state index contributed by atoms with van der Waals surface area (Å²) in [5, 5.41) is 0. The molecule has 0 radical (unpaired) electrons. The van der Waals surface area contributed by atoms with Gasteiger partial charge < -0.3 is 9.97 Å². The second-order valence-corrected chi connectivity index (χ2v) is 12.4. The third-order valence-corrected chi connectivity index (χ3v) is 9.33. The number of halogens is 4. The average Bonchev–Trinajstić information content (AvgIpc) is 3.99. The fraction of sp³-hybridized carbons (Fsp3) is 0. The first kappa shape index (κ1) is 31.2. The van der Waals surface area contributed by atoms with Gasteiger partial charge in [-0.2, -0.15) is 0 Å². The first-order valence-corrected chi connectivity index (χ1v) is 16.6. The molecular formula is C44H26F4N4. The molecule has 0 aliphatic carbocycles. The Morgan fingerprint density at radius 3 is 0.942 bits per heavy atom. The number of aromatic amines is 2. The van der Waals surface area contributed by atoms with Gasteiger partial charge in [0.25, 0.3) is 0 Å². The van der Waals surface area contributed by atoms with E-state index in [1.165, 1.54) is 24.3 Å². The van der Waals surface area contributed by atoms with Gasteiger partial charge in [0.1, 0.15) is 23.3 Å². The van der Waals surface area contributed by atoms with E-state index in [4.69, 9.17) is 9.97 Å². The van der Waals surface area contributed by atoms with Crippen molar-refractivity contribution in [2.75, 3.05) is 0 Å². The molecule has 250 valence electrons. The van der Waals surface area contributed by atoms with E-state index in [1.54, 1.807) is 109 Å². The third-order valence-electron chi connectivity index (χ3n) is 9.33. The van der Waals surface area contributed by atoms with Crippen LogP contribution in [-0.4, -0.2) is 19.9 Å². The summed E-state index contributed by atoms with van der Waals surface area (Å²) in [7, 11) is 0. The number of benzene rings is 4. The molecule has 2 aliphatic heterocycles. The predicted octanol–water partition coefficient (Wildman–Crippen LogP) is 11.9. The summed E-state index contributed by atoms with van der Waals surface area (Å²) < 4.78 is 63.3. The van der Waals surface area contributed by atoms with Crippen molar-refractivity contribution in [3.63, 3.8) is 0 Å². The molecule has 7 aromatic rings. The van der Waals surface area contributed by atoms with Crippen LogP contribution in [0.1, 0.15) is 22.8 Å². The molecule has 3 aromatic heterocycles. The maximum atomic E-state index is 15.8. The summed E-state index contributed by atoms with van der Waals surface area (Å²) in [5.41, 5.74) is 6.52. The smallest absolute Gasteiger partial charge is 0.131 e. The van der Waals surface area contributed by atoms with Crippen LogP contribution in [0.2, 0.25) is 0 Å². The van der Waals surface area contributed by atoms with Gasteiger partial charge in [0.2, 0.25) is 0 Å². The minimum atomic E-state index is -0.498. The molecule has 0 unspecified atom stereocenters. The lowest BCUT2D eigenvalue weighted by atomic mass is 9.93. The molecule has 9 rings (SSSR count). The molecular weight excluding hydrogens is 661 g/mol. The van der Waals surface area contributed by atoms with E-state index in [2.05, 4.69) is 9.97 Å². The lowest BCUT2D eigenvalue weighted by Crippen LogP contribution is -1.95. The summed E-state index contributed by atoms with van der Waals surface area (Å²) in [4.78, 5) is 16.8. The molecule has 5 heterocycles. The van der Waals surface area contributed by atoms with E-state index >= 15 is 17.6 Å². The monoisotopic (exact) mass is 686 g/mol. The SMILES string of the molecule is Fc1ccccc1-c1c2nc(c3ccc([nH]3)c(-c3ccccc3F)c(-c3ccccc3F)c3nc(c4ccc([nH]4)c1-c1ccccc1F)C=C3)C=C2. The van der Waals surface area contributed by atoms with Gasteiger partial charge in [-0.25, -0.2) is 27.5 Å². The molecule has 0 spiro atoms. The van der Waals surface area contributed by atoms with Gasteiger partial charge in [0, 0.05) is 55.5 Å². The quantitative estimate of drug-likeness (QED) is 0.181. The number of hydrogen-bond donors (Lipinski definition) is 2.